The minimum absolute atomic E-state index is 0.00416. The predicted octanol–water partition coefficient (Wildman–Crippen LogP) is 3.55. The molecule has 0 aliphatic carbocycles. The fourth-order valence-corrected chi connectivity index (χ4v) is 5.19. The number of aryl methyl sites for hydroxylation is 1. The fourth-order valence-electron chi connectivity index (χ4n) is 3.33. The third-order valence-electron chi connectivity index (χ3n) is 5.14. The summed E-state index contributed by atoms with van der Waals surface area (Å²) in [6.45, 7) is 4.13. The molecule has 0 saturated carbocycles. The summed E-state index contributed by atoms with van der Waals surface area (Å²) in [6.07, 6.45) is 0.450. The summed E-state index contributed by atoms with van der Waals surface area (Å²) in [5.74, 6) is 0.548. The van der Waals surface area contributed by atoms with Gasteiger partial charge in [-0.1, -0.05) is 35.9 Å². The van der Waals surface area contributed by atoms with E-state index in [4.69, 9.17) is 16.3 Å². The van der Waals surface area contributed by atoms with Crippen LogP contribution in [0.15, 0.2) is 42.5 Å². The molecule has 2 aromatic carbocycles. The first-order chi connectivity index (χ1) is 13.2. The highest BCUT2D eigenvalue weighted by Crippen LogP contribution is 2.23. The number of hydrogen-bond acceptors (Lipinski definition) is 4. The number of benzene rings is 2. The van der Waals surface area contributed by atoms with E-state index in [9.17, 15) is 13.2 Å². The topological polar surface area (TPSA) is 63.7 Å². The van der Waals surface area contributed by atoms with Gasteiger partial charge >= 0.3 is 0 Å². The van der Waals surface area contributed by atoms with E-state index in [1.54, 1.807) is 17.0 Å². The van der Waals surface area contributed by atoms with Crippen LogP contribution < -0.4 is 4.74 Å². The molecule has 0 radical (unpaired) electrons. The van der Waals surface area contributed by atoms with E-state index in [-0.39, 0.29) is 30.1 Å². The van der Waals surface area contributed by atoms with E-state index in [1.165, 1.54) is 0 Å². The molecule has 150 valence electrons. The molecule has 1 atom stereocenters. The molecule has 7 heteroatoms. The molecule has 3 rings (SSSR count). The Bertz CT molecular complexity index is 957. The summed E-state index contributed by atoms with van der Waals surface area (Å²) in [5, 5.41) is 0.614. The maximum absolute atomic E-state index is 13.0. The lowest BCUT2D eigenvalue weighted by atomic mass is 10.1. The smallest absolute Gasteiger partial charge is 0.261 e. The van der Waals surface area contributed by atoms with Crippen LogP contribution >= 0.6 is 11.6 Å². The van der Waals surface area contributed by atoms with E-state index in [0.29, 0.717) is 23.7 Å². The fraction of sp³-hybridized carbons (Fsp3) is 0.381. The molecule has 5 nitrogen and oxygen atoms in total. The lowest BCUT2D eigenvalue weighted by molar-refractivity contribution is -0.136. The highest BCUT2D eigenvalue weighted by Gasteiger charge is 2.34. The maximum Gasteiger partial charge on any atom is 0.261 e. The van der Waals surface area contributed by atoms with Crippen molar-refractivity contribution in [1.82, 2.24) is 4.90 Å². The van der Waals surface area contributed by atoms with Gasteiger partial charge in [-0.3, -0.25) is 4.79 Å². The molecule has 2 aromatic rings. The molecule has 0 N–H and O–H groups in total. The second-order valence-electron chi connectivity index (χ2n) is 7.19. The van der Waals surface area contributed by atoms with Gasteiger partial charge in [0.1, 0.15) is 5.75 Å². The Morgan fingerprint density at radius 1 is 1.18 bits per heavy atom. The van der Waals surface area contributed by atoms with Gasteiger partial charge in [-0.15, -0.1) is 0 Å². The molecular weight excluding hydrogens is 398 g/mol. The average Bonchev–Trinajstić information content (AvgIpc) is 3.01. The number of amides is 1. The van der Waals surface area contributed by atoms with Crippen LogP contribution in [0.2, 0.25) is 5.02 Å². The van der Waals surface area contributed by atoms with Crippen LogP contribution in [0.4, 0.5) is 0 Å². The quantitative estimate of drug-likeness (QED) is 0.715. The normalized spacial score (nSPS) is 18.0. The third kappa shape index (κ3) is 5.06. The first kappa shape index (κ1) is 20.7. The van der Waals surface area contributed by atoms with Crippen LogP contribution in [-0.4, -0.2) is 43.4 Å². The number of sulfone groups is 1. The van der Waals surface area contributed by atoms with Crippen LogP contribution in [0.1, 0.15) is 23.1 Å². The van der Waals surface area contributed by atoms with Gasteiger partial charge < -0.3 is 9.64 Å². The van der Waals surface area contributed by atoms with Crippen LogP contribution in [0, 0.1) is 13.8 Å². The first-order valence-electron chi connectivity index (χ1n) is 9.18. The number of ether oxygens (including phenoxy) is 1. The molecule has 1 aliphatic heterocycles. The number of halogens is 1. The van der Waals surface area contributed by atoms with Crippen molar-refractivity contribution in [1.29, 1.82) is 0 Å². The minimum atomic E-state index is -3.11. The van der Waals surface area contributed by atoms with Gasteiger partial charge in [-0.05, 0) is 55.2 Å². The van der Waals surface area contributed by atoms with Gasteiger partial charge in [0.15, 0.2) is 16.4 Å². The zero-order valence-electron chi connectivity index (χ0n) is 16.0. The molecule has 1 heterocycles. The lowest BCUT2D eigenvalue weighted by Gasteiger charge is -2.28. The molecule has 1 fully saturated rings. The summed E-state index contributed by atoms with van der Waals surface area (Å²) >= 11 is 5.94. The van der Waals surface area contributed by atoms with Crippen LogP contribution in [0.3, 0.4) is 0 Å². The van der Waals surface area contributed by atoms with E-state index >= 15 is 0 Å². The Labute approximate surface area is 171 Å². The molecule has 0 aromatic heterocycles. The van der Waals surface area contributed by atoms with Gasteiger partial charge in [0.25, 0.3) is 5.91 Å². The average molecular weight is 422 g/mol. The summed E-state index contributed by atoms with van der Waals surface area (Å²) < 4.78 is 29.6. The van der Waals surface area contributed by atoms with Crippen molar-refractivity contribution in [2.45, 2.75) is 32.9 Å². The molecule has 0 bridgehead atoms. The monoisotopic (exact) mass is 421 g/mol. The number of carbonyl (C=O) groups excluding carboxylic acids is 1. The predicted molar refractivity (Wildman–Crippen MR) is 110 cm³/mol. The first-order valence-corrected chi connectivity index (χ1v) is 11.4. The Kier molecular flexibility index (Phi) is 6.30. The standard InChI is InChI=1S/C21H24ClNO4S/c1-15-4-3-5-20(16(15)2)27-13-21(24)23(19-10-11-28(25,26)14-19)12-17-6-8-18(22)9-7-17/h3-9,19H,10-14H2,1-2H3/t19-/m0/s1. The summed E-state index contributed by atoms with van der Waals surface area (Å²) in [4.78, 5) is 14.6. The van der Waals surface area contributed by atoms with Crippen molar-refractivity contribution >= 4 is 27.3 Å². The molecule has 1 amide bonds. The molecule has 28 heavy (non-hydrogen) atoms. The van der Waals surface area contributed by atoms with Crippen molar-refractivity contribution in [3.05, 3.63) is 64.2 Å². The van der Waals surface area contributed by atoms with E-state index < -0.39 is 9.84 Å². The van der Waals surface area contributed by atoms with Crippen molar-refractivity contribution in [2.24, 2.45) is 0 Å². The second kappa shape index (κ2) is 8.53. The number of hydrogen-bond donors (Lipinski definition) is 0. The van der Waals surface area contributed by atoms with Crippen LogP contribution in [0.5, 0.6) is 5.75 Å². The summed E-state index contributed by atoms with van der Waals surface area (Å²) in [7, 11) is -3.11. The van der Waals surface area contributed by atoms with Crippen molar-refractivity contribution in [3.63, 3.8) is 0 Å². The minimum Gasteiger partial charge on any atom is -0.483 e. The summed E-state index contributed by atoms with van der Waals surface area (Å²) in [6, 6.07) is 12.6. The number of nitrogens with zero attached hydrogens (tertiary/aromatic N) is 1. The SMILES string of the molecule is Cc1cccc(OCC(=O)N(Cc2ccc(Cl)cc2)[C@H]2CCS(=O)(=O)C2)c1C. The van der Waals surface area contributed by atoms with Crippen molar-refractivity contribution in [2.75, 3.05) is 18.1 Å². The van der Waals surface area contributed by atoms with Gasteiger partial charge in [-0.2, -0.15) is 0 Å². The third-order valence-corrected chi connectivity index (χ3v) is 7.14. The van der Waals surface area contributed by atoms with Gasteiger partial charge in [-0.25, -0.2) is 8.42 Å². The lowest BCUT2D eigenvalue weighted by Crippen LogP contribution is -2.43. The maximum atomic E-state index is 13.0. The number of rotatable bonds is 6. The Morgan fingerprint density at radius 2 is 1.89 bits per heavy atom. The molecule has 1 aliphatic rings. The Balaban J connectivity index is 1.76. The number of carbonyl (C=O) groups is 1. The molecule has 0 spiro atoms. The van der Waals surface area contributed by atoms with Crippen molar-refractivity contribution < 1.29 is 17.9 Å². The van der Waals surface area contributed by atoms with Gasteiger partial charge in [0, 0.05) is 17.6 Å². The summed E-state index contributed by atoms with van der Waals surface area (Å²) in [5.41, 5.74) is 2.97. The Morgan fingerprint density at radius 3 is 2.54 bits per heavy atom. The second-order valence-corrected chi connectivity index (χ2v) is 9.86. The van der Waals surface area contributed by atoms with E-state index in [2.05, 4.69) is 0 Å². The molecular formula is C21H24ClNO4S. The van der Waals surface area contributed by atoms with Crippen LogP contribution in [0.25, 0.3) is 0 Å². The van der Waals surface area contributed by atoms with E-state index in [0.717, 1.165) is 16.7 Å². The zero-order chi connectivity index (χ0) is 20.3. The van der Waals surface area contributed by atoms with Crippen molar-refractivity contribution in [3.8, 4) is 5.75 Å². The highest BCUT2D eigenvalue weighted by atomic mass is 35.5. The molecule has 0 unspecified atom stereocenters. The van der Waals surface area contributed by atoms with Crippen LogP contribution in [-0.2, 0) is 21.2 Å². The zero-order valence-corrected chi connectivity index (χ0v) is 17.6. The largest absolute Gasteiger partial charge is 0.483 e. The Hall–Kier alpha value is -2.05. The van der Waals surface area contributed by atoms with E-state index in [1.807, 2.05) is 44.2 Å². The van der Waals surface area contributed by atoms with Gasteiger partial charge in [0.2, 0.25) is 0 Å². The molecule has 1 saturated heterocycles. The van der Waals surface area contributed by atoms with Gasteiger partial charge in [0.05, 0.1) is 11.5 Å². The highest BCUT2D eigenvalue weighted by molar-refractivity contribution is 7.91.